The summed E-state index contributed by atoms with van der Waals surface area (Å²) in [6.07, 6.45) is 68.6. The summed E-state index contributed by atoms with van der Waals surface area (Å²) >= 11 is 0. The van der Waals surface area contributed by atoms with E-state index in [1.807, 2.05) is 27.2 Å². The lowest BCUT2D eigenvalue weighted by atomic mass is 10.0. The zero-order valence-electron chi connectivity index (χ0n) is 45.1. The number of aliphatic hydroxyl groups is 1. The number of carbonyl (C=O) groups excluding carboxylic acids is 1. The van der Waals surface area contributed by atoms with E-state index >= 15 is 0 Å². The zero-order chi connectivity index (χ0) is 49.9. The normalized spacial score (nSPS) is 14.5. The summed E-state index contributed by atoms with van der Waals surface area (Å²) in [4.78, 5) is 23.3. The minimum atomic E-state index is -4.36. The number of unbranched alkanes of at least 4 members (excludes halogenated alkanes) is 28. The van der Waals surface area contributed by atoms with Gasteiger partial charge in [0.25, 0.3) is 0 Å². The van der Waals surface area contributed by atoms with Crippen LogP contribution in [0.15, 0.2) is 72.9 Å². The quantitative estimate of drug-likeness (QED) is 0.0243. The smallest absolute Gasteiger partial charge is 0.387 e. The van der Waals surface area contributed by atoms with E-state index in [0.717, 1.165) is 64.2 Å². The van der Waals surface area contributed by atoms with E-state index in [-0.39, 0.29) is 19.1 Å². The molecule has 8 nitrogen and oxygen atoms in total. The molecule has 0 aliphatic rings. The second kappa shape index (κ2) is 49.9. The lowest BCUT2D eigenvalue weighted by Crippen LogP contribution is -2.45. The maximum absolute atomic E-state index is 13.0. The maximum Gasteiger partial charge on any atom is 0.472 e. The number of quaternary nitrogens is 1. The molecule has 9 heteroatoms. The third-order valence-electron chi connectivity index (χ3n) is 12.4. The van der Waals surface area contributed by atoms with Crippen molar-refractivity contribution < 1.29 is 32.9 Å². The van der Waals surface area contributed by atoms with Gasteiger partial charge in [-0.25, -0.2) is 4.57 Å². The zero-order valence-corrected chi connectivity index (χ0v) is 46.0. The Bertz CT molecular complexity index is 1330. The molecular formula is C59H110N2O6P+. The Balaban J connectivity index is 4.23. The first-order valence-corrected chi connectivity index (χ1v) is 29.8. The molecule has 3 N–H and O–H groups in total. The molecule has 0 aromatic rings. The first kappa shape index (κ1) is 65.9. The third-order valence-corrected chi connectivity index (χ3v) is 13.4. The van der Waals surface area contributed by atoms with E-state index in [2.05, 4.69) is 79.9 Å². The molecule has 0 rings (SSSR count). The predicted octanol–water partition coefficient (Wildman–Crippen LogP) is 17.1. The molecule has 0 aliphatic heterocycles. The number of nitrogens with one attached hydrogen (secondary N) is 1. The van der Waals surface area contributed by atoms with Crippen LogP contribution >= 0.6 is 7.82 Å². The highest BCUT2D eigenvalue weighted by molar-refractivity contribution is 7.47. The molecule has 0 fully saturated rings. The molecule has 0 aromatic carbocycles. The number of carbonyl (C=O) groups is 1. The third kappa shape index (κ3) is 51.8. The van der Waals surface area contributed by atoms with Crippen molar-refractivity contribution in [1.29, 1.82) is 0 Å². The number of aliphatic hydroxyl groups excluding tert-OH is 1. The minimum absolute atomic E-state index is 0.0542. The van der Waals surface area contributed by atoms with Crippen molar-refractivity contribution in [3.63, 3.8) is 0 Å². The van der Waals surface area contributed by atoms with Crippen LogP contribution < -0.4 is 5.32 Å². The Morgan fingerprint density at radius 3 is 1.35 bits per heavy atom. The fourth-order valence-corrected chi connectivity index (χ4v) is 8.73. The van der Waals surface area contributed by atoms with E-state index < -0.39 is 20.0 Å². The topological polar surface area (TPSA) is 105 Å². The van der Waals surface area contributed by atoms with Crippen LogP contribution in [0.25, 0.3) is 0 Å². The fraction of sp³-hybridized carbons (Fsp3) is 0.780. The Morgan fingerprint density at radius 2 is 0.897 bits per heavy atom. The summed E-state index contributed by atoms with van der Waals surface area (Å²) in [7, 11) is 1.55. The molecule has 0 saturated carbocycles. The Hall–Kier alpha value is -2.06. The fourth-order valence-electron chi connectivity index (χ4n) is 7.99. The van der Waals surface area contributed by atoms with E-state index in [9.17, 15) is 19.4 Å². The van der Waals surface area contributed by atoms with Crippen molar-refractivity contribution in [2.75, 3.05) is 40.9 Å². The summed E-state index contributed by atoms with van der Waals surface area (Å²) in [6.45, 7) is 4.70. The van der Waals surface area contributed by atoms with Gasteiger partial charge in [0.2, 0.25) is 5.91 Å². The summed E-state index contributed by atoms with van der Waals surface area (Å²) in [5.41, 5.74) is 0. The molecule has 0 radical (unpaired) electrons. The van der Waals surface area contributed by atoms with Gasteiger partial charge in [0, 0.05) is 6.42 Å². The molecule has 0 aromatic heterocycles. The van der Waals surface area contributed by atoms with E-state index in [0.29, 0.717) is 17.4 Å². The second-order valence-electron chi connectivity index (χ2n) is 20.3. The molecule has 3 unspecified atom stereocenters. The van der Waals surface area contributed by atoms with Crippen molar-refractivity contribution in [3.05, 3.63) is 72.9 Å². The van der Waals surface area contributed by atoms with Crippen molar-refractivity contribution in [2.24, 2.45) is 0 Å². The molecule has 0 heterocycles. The van der Waals surface area contributed by atoms with Gasteiger partial charge in [-0.15, -0.1) is 0 Å². The van der Waals surface area contributed by atoms with Gasteiger partial charge in [-0.05, 0) is 70.6 Å². The molecule has 0 spiro atoms. The highest BCUT2D eigenvalue weighted by atomic mass is 31.2. The van der Waals surface area contributed by atoms with Gasteiger partial charge in [-0.1, -0.05) is 241 Å². The van der Waals surface area contributed by atoms with Gasteiger partial charge in [0.1, 0.15) is 13.2 Å². The standard InChI is InChI=1S/C59H109N2O6P/c1-6-8-10-12-14-16-18-20-22-24-26-27-28-29-30-31-32-33-35-37-39-41-43-45-47-49-51-53-59(63)60-57(56-67-68(64,65)66-55-54-61(3,4)5)58(62)52-50-48-46-44-42-40-38-36-34-25-23-21-19-17-15-13-11-9-7-2/h8,10,14,16,20,22,26-27,42,44,50,52,57-58,62H,6-7,9,11-13,15,17-19,21,23-25,28-41,43,45-49,51,53-56H2,1-5H3,(H-,60,63,64,65)/p+1/b10-8-,16-14-,22-20-,27-26-,44-42+,52-50+. The van der Waals surface area contributed by atoms with Crippen LogP contribution in [0.5, 0.6) is 0 Å². The molecule has 396 valence electrons. The number of amides is 1. The van der Waals surface area contributed by atoms with Crippen molar-refractivity contribution in [2.45, 2.75) is 257 Å². The number of phosphoric acid groups is 1. The van der Waals surface area contributed by atoms with Crippen molar-refractivity contribution in [1.82, 2.24) is 5.32 Å². The molecule has 0 aliphatic carbocycles. The Morgan fingerprint density at radius 1 is 0.515 bits per heavy atom. The van der Waals surface area contributed by atoms with Gasteiger partial charge in [0.05, 0.1) is 39.9 Å². The van der Waals surface area contributed by atoms with Gasteiger partial charge in [0.15, 0.2) is 0 Å². The molecule has 3 atom stereocenters. The summed E-state index contributed by atoms with van der Waals surface area (Å²) in [5.74, 6) is -0.188. The average molecular weight is 975 g/mol. The lowest BCUT2D eigenvalue weighted by Gasteiger charge is -2.25. The van der Waals surface area contributed by atoms with E-state index in [4.69, 9.17) is 9.05 Å². The first-order chi connectivity index (χ1) is 33.0. The van der Waals surface area contributed by atoms with Crippen LogP contribution in [0.4, 0.5) is 0 Å². The van der Waals surface area contributed by atoms with Gasteiger partial charge >= 0.3 is 7.82 Å². The molecule has 68 heavy (non-hydrogen) atoms. The number of phosphoric ester groups is 1. The highest BCUT2D eigenvalue weighted by Crippen LogP contribution is 2.43. The lowest BCUT2D eigenvalue weighted by molar-refractivity contribution is -0.870. The SMILES string of the molecule is CC/C=C\C/C=C\C/C=C\C/C=C\CCCCCCCCCCCCCCCCC(=O)NC(COP(=O)(O)OCC[N+](C)(C)C)C(O)/C=C/CC/C=C/CCCCCCCCCCCCCCC. The number of likely N-dealkylation sites (N-methyl/N-ethyl adjacent to an activating group) is 1. The summed E-state index contributed by atoms with van der Waals surface area (Å²) < 4.78 is 23.7. The number of hydrogen-bond acceptors (Lipinski definition) is 5. The van der Waals surface area contributed by atoms with Crippen molar-refractivity contribution >= 4 is 13.7 Å². The van der Waals surface area contributed by atoms with Crippen molar-refractivity contribution in [3.8, 4) is 0 Å². The molecular weight excluding hydrogens is 864 g/mol. The molecule has 0 saturated heterocycles. The Labute approximate surface area is 421 Å². The highest BCUT2D eigenvalue weighted by Gasteiger charge is 2.27. The van der Waals surface area contributed by atoms with Crippen LogP contribution in [0.1, 0.15) is 245 Å². The molecule has 1 amide bonds. The predicted molar refractivity (Wildman–Crippen MR) is 295 cm³/mol. The summed E-state index contributed by atoms with van der Waals surface area (Å²) in [6, 6.07) is -0.867. The van der Waals surface area contributed by atoms with E-state index in [1.165, 1.54) is 161 Å². The van der Waals surface area contributed by atoms with E-state index in [1.54, 1.807) is 6.08 Å². The average Bonchev–Trinajstić information content (AvgIpc) is 3.30. The number of rotatable bonds is 51. The van der Waals surface area contributed by atoms with Gasteiger partial charge in [-0.3, -0.25) is 13.8 Å². The second-order valence-corrected chi connectivity index (χ2v) is 21.7. The van der Waals surface area contributed by atoms with Crippen LogP contribution in [0, 0.1) is 0 Å². The number of hydrogen-bond donors (Lipinski definition) is 3. The van der Waals surface area contributed by atoms with Gasteiger partial charge < -0.3 is 19.8 Å². The minimum Gasteiger partial charge on any atom is -0.387 e. The number of nitrogens with zero attached hydrogens (tertiary/aromatic N) is 1. The van der Waals surface area contributed by atoms with Crippen LogP contribution in [0.2, 0.25) is 0 Å². The Kier molecular flexibility index (Phi) is 48.4. The monoisotopic (exact) mass is 974 g/mol. The van der Waals surface area contributed by atoms with Gasteiger partial charge in [-0.2, -0.15) is 0 Å². The van der Waals surface area contributed by atoms with Crippen LogP contribution in [-0.4, -0.2) is 73.4 Å². The van der Waals surface area contributed by atoms with Crippen LogP contribution in [0.3, 0.4) is 0 Å². The van der Waals surface area contributed by atoms with Crippen LogP contribution in [-0.2, 0) is 18.4 Å². The summed E-state index contributed by atoms with van der Waals surface area (Å²) in [5, 5.41) is 13.9. The maximum atomic E-state index is 13.0. The number of allylic oxidation sites excluding steroid dienone is 11. The first-order valence-electron chi connectivity index (χ1n) is 28.3. The largest absolute Gasteiger partial charge is 0.472 e. The molecule has 0 bridgehead atoms.